The standard InChI is InChI=1S/C10H24BNO6/c1-6-10(7-2,8-3)12-9-15-18-11(16-13-4)17-14-5/h12H,6-9H2,1-5H3. The Kier molecular flexibility index (Phi) is 10.6. The van der Waals surface area contributed by atoms with Crippen molar-refractivity contribution in [2.24, 2.45) is 0 Å². The Hall–Kier alpha value is -0.215. The van der Waals surface area contributed by atoms with Crippen molar-refractivity contribution in [3.63, 3.8) is 0 Å². The summed E-state index contributed by atoms with van der Waals surface area (Å²) >= 11 is 0. The van der Waals surface area contributed by atoms with Crippen molar-refractivity contribution < 1.29 is 29.1 Å². The molecule has 8 heteroatoms. The number of hydrogen-bond acceptors (Lipinski definition) is 7. The summed E-state index contributed by atoms with van der Waals surface area (Å²) in [6.45, 7) is 6.61. The molecule has 0 fully saturated rings. The first-order valence-corrected chi connectivity index (χ1v) is 6.10. The second-order valence-electron chi connectivity index (χ2n) is 3.69. The van der Waals surface area contributed by atoms with E-state index < -0.39 is 7.32 Å². The minimum absolute atomic E-state index is 0.0586. The van der Waals surface area contributed by atoms with Gasteiger partial charge in [0.2, 0.25) is 0 Å². The first kappa shape index (κ1) is 17.8. The van der Waals surface area contributed by atoms with Crippen LogP contribution in [0.3, 0.4) is 0 Å². The predicted octanol–water partition coefficient (Wildman–Crippen LogP) is 1.59. The maximum atomic E-state index is 4.94. The first-order chi connectivity index (χ1) is 8.67. The molecule has 0 aromatic heterocycles. The molecule has 0 saturated carbocycles. The fourth-order valence-electron chi connectivity index (χ4n) is 1.60. The van der Waals surface area contributed by atoms with E-state index in [1.807, 2.05) is 0 Å². The highest BCUT2D eigenvalue weighted by Gasteiger charge is 2.27. The Morgan fingerprint density at radius 3 is 1.78 bits per heavy atom. The molecule has 0 spiro atoms. The molecule has 0 unspecified atom stereocenters. The third kappa shape index (κ3) is 6.65. The van der Waals surface area contributed by atoms with Crippen LogP contribution in [0.2, 0.25) is 0 Å². The van der Waals surface area contributed by atoms with E-state index in [2.05, 4.69) is 45.5 Å². The van der Waals surface area contributed by atoms with Gasteiger partial charge in [-0.1, -0.05) is 20.8 Å². The molecule has 7 nitrogen and oxygen atoms in total. The van der Waals surface area contributed by atoms with Gasteiger partial charge >= 0.3 is 7.32 Å². The van der Waals surface area contributed by atoms with Crippen molar-refractivity contribution in [1.29, 1.82) is 0 Å². The summed E-state index contributed by atoms with van der Waals surface area (Å²) in [6.07, 6.45) is 3.03. The van der Waals surface area contributed by atoms with Crippen LogP contribution in [0.1, 0.15) is 40.0 Å². The monoisotopic (exact) mass is 265 g/mol. The second kappa shape index (κ2) is 10.7. The van der Waals surface area contributed by atoms with Gasteiger partial charge in [0.25, 0.3) is 0 Å². The maximum Gasteiger partial charge on any atom is 0.725 e. The van der Waals surface area contributed by atoms with E-state index >= 15 is 0 Å². The molecule has 0 aromatic carbocycles. The largest absolute Gasteiger partial charge is 0.725 e. The van der Waals surface area contributed by atoms with E-state index in [4.69, 9.17) is 9.69 Å². The maximum absolute atomic E-state index is 4.94. The molecule has 0 heterocycles. The zero-order valence-corrected chi connectivity index (χ0v) is 11.9. The molecule has 0 aliphatic heterocycles. The van der Waals surface area contributed by atoms with Gasteiger partial charge in [-0.05, 0) is 19.3 Å². The van der Waals surface area contributed by atoms with Crippen molar-refractivity contribution in [3.05, 3.63) is 0 Å². The molecule has 0 radical (unpaired) electrons. The van der Waals surface area contributed by atoms with E-state index in [0.29, 0.717) is 0 Å². The SMILES string of the molecule is CCC(CC)(CC)NCOOB(OOC)OOC. The first-order valence-electron chi connectivity index (χ1n) is 6.10. The molecular formula is C10H24BNO6. The van der Waals surface area contributed by atoms with E-state index in [1.54, 1.807) is 0 Å². The van der Waals surface area contributed by atoms with Gasteiger partial charge < -0.3 is 0 Å². The molecule has 0 saturated heterocycles. The molecule has 0 rings (SSSR count). The van der Waals surface area contributed by atoms with Crippen molar-refractivity contribution in [1.82, 2.24) is 5.32 Å². The van der Waals surface area contributed by atoms with Gasteiger partial charge in [-0.3, -0.25) is 15.1 Å². The Morgan fingerprint density at radius 2 is 1.39 bits per heavy atom. The molecule has 0 aliphatic rings. The predicted molar refractivity (Wildman–Crippen MR) is 65.7 cm³/mol. The Labute approximate surface area is 109 Å². The van der Waals surface area contributed by atoms with Crippen LogP contribution in [-0.4, -0.2) is 33.8 Å². The minimum atomic E-state index is -1.19. The average Bonchev–Trinajstić information content (AvgIpc) is 2.40. The minimum Gasteiger partial charge on any atom is -0.287 e. The Morgan fingerprint density at radius 1 is 0.889 bits per heavy atom. The van der Waals surface area contributed by atoms with Gasteiger partial charge in [0.1, 0.15) is 6.73 Å². The summed E-state index contributed by atoms with van der Waals surface area (Å²) in [4.78, 5) is 27.7. The second-order valence-corrected chi connectivity index (χ2v) is 3.69. The van der Waals surface area contributed by atoms with Gasteiger partial charge in [-0.25, -0.2) is 19.3 Å². The summed E-state index contributed by atoms with van der Waals surface area (Å²) in [5.74, 6) is 0. The molecule has 1 N–H and O–H groups in total. The molecule has 0 atom stereocenters. The molecule has 0 bridgehead atoms. The van der Waals surface area contributed by atoms with Crippen LogP contribution in [0.15, 0.2) is 0 Å². The van der Waals surface area contributed by atoms with Crippen LogP contribution in [0.25, 0.3) is 0 Å². The molecule has 0 aromatic rings. The lowest BCUT2D eigenvalue weighted by atomic mass is 9.90. The van der Waals surface area contributed by atoms with Gasteiger partial charge in [-0.15, -0.1) is 0 Å². The summed E-state index contributed by atoms with van der Waals surface area (Å²) in [5.41, 5.74) is 0.0586. The quantitative estimate of drug-likeness (QED) is 0.189. The van der Waals surface area contributed by atoms with Crippen molar-refractivity contribution >= 4 is 7.32 Å². The molecule has 18 heavy (non-hydrogen) atoms. The number of hydrogen-bond donors (Lipinski definition) is 1. The third-order valence-electron chi connectivity index (χ3n) is 3.03. The number of rotatable bonds is 12. The fraction of sp³-hybridized carbons (Fsp3) is 1.00. The van der Waals surface area contributed by atoms with Crippen LogP contribution < -0.4 is 5.32 Å². The van der Waals surface area contributed by atoms with E-state index in [1.165, 1.54) is 14.2 Å². The highest BCUT2D eigenvalue weighted by Crippen LogP contribution is 2.18. The van der Waals surface area contributed by atoms with E-state index in [9.17, 15) is 0 Å². The molecule has 0 amide bonds. The zero-order valence-electron chi connectivity index (χ0n) is 11.9. The molecule has 108 valence electrons. The summed E-state index contributed by atoms with van der Waals surface area (Å²) in [7, 11) is 1.45. The van der Waals surface area contributed by atoms with Gasteiger partial charge in [-0.2, -0.15) is 0 Å². The lowest BCUT2D eigenvalue weighted by Gasteiger charge is -2.31. The summed E-state index contributed by atoms with van der Waals surface area (Å²) < 4.78 is 0. The summed E-state index contributed by atoms with van der Waals surface area (Å²) in [5, 5.41) is 3.28. The highest BCUT2D eigenvalue weighted by atomic mass is 17.3. The number of nitrogens with one attached hydrogen (secondary N) is 1. The highest BCUT2D eigenvalue weighted by molar-refractivity contribution is 6.35. The Bertz CT molecular complexity index is 179. The summed E-state index contributed by atoms with van der Waals surface area (Å²) in [6, 6.07) is 0. The average molecular weight is 265 g/mol. The van der Waals surface area contributed by atoms with Gasteiger partial charge in [0.15, 0.2) is 0 Å². The van der Waals surface area contributed by atoms with Crippen LogP contribution in [0.4, 0.5) is 0 Å². The van der Waals surface area contributed by atoms with Crippen molar-refractivity contribution in [2.75, 3.05) is 21.0 Å². The lowest BCUT2D eigenvalue weighted by Crippen LogP contribution is -2.45. The van der Waals surface area contributed by atoms with Gasteiger partial charge in [0.05, 0.1) is 14.2 Å². The van der Waals surface area contributed by atoms with Crippen LogP contribution in [0.5, 0.6) is 0 Å². The van der Waals surface area contributed by atoms with E-state index in [-0.39, 0.29) is 12.3 Å². The Balaban J connectivity index is 3.87. The van der Waals surface area contributed by atoms with E-state index in [0.717, 1.165) is 19.3 Å². The smallest absolute Gasteiger partial charge is 0.287 e. The normalized spacial score (nSPS) is 11.8. The van der Waals surface area contributed by atoms with Crippen molar-refractivity contribution in [2.45, 2.75) is 45.6 Å². The fourth-order valence-corrected chi connectivity index (χ4v) is 1.60. The van der Waals surface area contributed by atoms with Crippen LogP contribution in [0, 0.1) is 0 Å². The van der Waals surface area contributed by atoms with Crippen LogP contribution in [-0.2, 0) is 29.1 Å². The topological polar surface area (TPSA) is 67.4 Å². The molecular weight excluding hydrogens is 241 g/mol. The van der Waals surface area contributed by atoms with Crippen LogP contribution >= 0.6 is 0 Å². The van der Waals surface area contributed by atoms with Crippen molar-refractivity contribution in [3.8, 4) is 0 Å². The molecule has 0 aliphatic carbocycles. The third-order valence-corrected chi connectivity index (χ3v) is 3.03. The zero-order chi connectivity index (χ0) is 13.9. The lowest BCUT2D eigenvalue weighted by molar-refractivity contribution is -0.337. The van der Waals surface area contributed by atoms with Gasteiger partial charge in [0, 0.05) is 5.54 Å².